The van der Waals surface area contributed by atoms with Crippen molar-refractivity contribution in [2.45, 2.75) is 37.5 Å². The van der Waals surface area contributed by atoms with E-state index in [-0.39, 0.29) is 0 Å². The Morgan fingerprint density at radius 1 is 1.15 bits per heavy atom. The molecule has 0 atom stereocenters. The molecule has 0 aliphatic heterocycles. The lowest BCUT2D eigenvalue weighted by atomic mass is 9.85. The minimum Gasteiger partial charge on any atom is -0.298 e. The molecule has 1 nitrogen and oxygen atoms in total. The first-order valence-corrected chi connectivity index (χ1v) is 7.53. The smallest absolute Gasteiger partial charge is 0.150 e. The van der Waals surface area contributed by atoms with E-state index in [9.17, 15) is 4.79 Å². The molecular weight excluding hydrogens is 264 g/mol. The zero-order valence-corrected chi connectivity index (χ0v) is 12.5. The van der Waals surface area contributed by atoms with E-state index in [0.29, 0.717) is 0 Å². The van der Waals surface area contributed by atoms with Gasteiger partial charge < -0.3 is 0 Å². The van der Waals surface area contributed by atoms with Gasteiger partial charge in [-0.2, -0.15) is 0 Å². The maximum absolute atomic E-state index is 11.3. The van der Waals surface area contributed by atoms with Crippen LogP contribution >= 0.6 is 12.6 Å². The van der Waals surface area contributed by atoms with Gasteiger partial charge >= 0.3 is 0 Å². The molecule has 2 aliphatic rings. The van der Waals surface area contributed by atoms with Gasteiger partial charge in [0.05, 0.1) is 0 Å². The van der Waals surface area contributed by atoms with Gasteiger partial charge in [-0.25, -0.2) is 0 Å². The number of allylic oxidation sites excluding steroid dienone is 4. The molecule has 0 aromatic heterocycles. The van der Waals surface area contributed by atoms with Gasteiger partial charge in [0.1, 0.15) is 0 Å². The van der Waals surface area contributed by atoms with E-state index in [0.717, 1.165) is 47.6 Å². The van der Waals surface area contributed by atoms with Crippen LogP contribution in [0.2, 0.25) is 0 Å². The molecule has 0 N–H and O–H groups in total. The molecule has 0 unspecified atom stereocenters. The van der Waals surface area contributed by atoms with Gasteiger partial charge in [0.25, 0.3) is 0 Å². The van der Waals surface area contributed by atoms with Crippen LogP contribution < -0.4 is 10.4 Å². The van der Waals surface area contributed by atoms with Gasteiger partial charge in [-0.1, -0.05) is 23.8 Å². The summed E-state index contributed by atoms with van der Waals surface area (Å²) in [6, 6.07) is 3.83. The molecule has 1 aromatic carbocycles. The summed E-state index contributed by atoms with van der Waals surface area (Å²) < 4.78 is 0. The lowest BCUT2D eigenvalue weighted by Gasteiger charge is -2.20. The van der Waals surface area contributed by atoms with Crippen molar-refractivity contribution in [2.24, 2.45) is 0 Å². The zero-order chi connectivity index (χ0) is 14.1. The quantitative estimate of drug-likeness (QED) is 0.651. The molecule has 0 saturated heterocycles. The number of aldehydes is 1. The predicted molar refractivity (Wildman–Crippen MR) is 86.5 cm³/mol. The number of benzene rings is 1. The van der Waals surface area contributed by atoms with E-state index in [1.54, 1.807) is 0 Å². The molecule has 0 bridgehead atoms. The Balaban J connectivity index is 2.43. The molecule has 2 heteroatoms. The van der Waals surface area contributed by atoms with Crippen LogP contribution in [0.15, 0.2) is 40.8 Å². The summed E-state index contributed by atoms with van der Waals surface area (Å²) in [5.41, 5.74) is 4.87. The molecular formula is C18H18OS. The van der Waals surface area contributed by atoms with E-state index >= 15 is 0 Å². The SMILES string of the molecule is CC1=c2c(C=O)ccc(S)c2=C(C2=CC=CCC2)CC1. The van der Waals surface area contributed by atoms with Crippen molar-refractivity contribution in [3.05, 3.63) is 51.9 Å². The fourth-order valence-corrected chi connectivity index (χ4v) is 3.53. The first-order valence-electron chi connectivity index (χ1n) is 7.08. The summed E-state index contributed by atoms with van der Waals surface area (Å²) in [4.78, 5) is 12.3. The third-order valence-electron chi connectivity index (χ3n) is 4.22. The Morgan fingerprint density at radius 2 is 2.00 bits per heavy atom. The van der Waals surface area contributed by atoms with Gasteiger partial charge in [0.2, 0.25) is 0 Å². The number of hydrogen-bond acceptors (Lipinski definition) is 2. The average molecular weight is 282 g/mol. The van der Waals surface area contributed by atoms with Crippen LogP contribution in [-0.4, -0.2) is 6.29 Å². The van der Waals surface area contributed by atoms with Crippen molar-refractivity contribution in [3.63, 3.8) is 0 Å². The summed E-state index contributed by atoms with van der Waals surface area (Å²) in [6.07, 6.45) is 11.8. The maximum Gasteiger partial charge on any atom is 0.150 e. The Labute approximate surface area is 124 Å². The van der Waals surface area contributed by atoms with Crippen LogP contribution in [0.3, 0.4) is 0 Å². The Kier molecular flexibility index (Phi) is 3.66. The summed E-state index contributed by atoms with van der Waals surface area (Å²) in [5.74, 6) is 0. The third-order valence-corrected chi connectivity index (χ3v) is 4.60. The lowest BCUT2D eigenvalue weighted by molar-refractivity contribution is 0.112. The topological polar surface area (TPSA) is 17.1 Å². The maximum atomic E-state index is 11.3. The number of carbonyl (C=O) groups is 1. The normalized spacial score (nSPS) is 17.8. The summed E-state index contributed by atoms with van der Waals surface area (Å²) >= 11 is 4.65. The Morgan fingerprint density at radius 3 is 2.70 bits per heavy atom. The van der Waals surface area contributed by atoms with Crippen LogP contribution in [0.25, 0.3) is 11.1 Å². The van der Waals surface area contributed by atoms with Gasteiger partial charge in [-0.3, -0.25) is 4.79 Å². The second kappa shape index (κ2) is 5.45. The van der Waals surface area contributed by atoms with Crippen molar-refractivity contribution >= 4 is 30.1 Å². The minimum absolute atomic E-state index is 0.791. The molecule has 0 spiro atoms. The van der Waals surface area contributed by atoms with Crippen LogP contribution in [0, 0.1) is 0 Å². The monoisotopic (exact) mass is 282 g/mol. The number of rotatable bonds is 2. The van der Waals surface area contributed by atoms with E-state index in [4.69, 9.17) is 0 Å². The van der Waals surface area contributed by atoms with Gasteiger partial charge in [0.15, 0.2) is 6.29 Å². The molecule has 0 amide bonds. The Hall–Kier alpha value is -1.54. The molecule has 0 saturated carbocycles. The highest BCUT2D eigenvalue weighted by Gasteiger charge is 2.16. The van der Waals surface area contributed by atoms with Crippen LogP contribution in [0.5, 0.6) is 0 Å². The predicted octanol–water partition coefficient (Wildman–Crippen LogP) is 3.18. The Bertz CT molecular complexity index is 750. The lowest BCUT2D eigenvalue weighted by Crippen LogP contribution is -2.36. The van der Waals surface area contributed by atoms with Crippen LogP contribution in [0.4, 0.5) is 0 Å². The number of thiol groups is 1. The van der Waals surface area contributed by atoms with Gasteiger partial charge in [-0.15, -0.1) is 12.6 Å². The van der Waals surface area contributed by atoms with Crippen molar-refractivity contribution in [3.8, 4) is 0 Å². The highest BCUT2D eigenvalue weighted by molar-refractivity contribution is 7.80. The van der Waals surface area contributed by atoms with Crippen LogP contribution in [-0.2, 0) is 0 Å². The van der Waals surface area contributed by atoms with E-state index < -0.39 is 0 Å². The minimum atomic E-state index is 0.791. The summed E-state index contributed by atoms with van der Waals surface area (Å²) in [7, 11) is 0. The van der Waals surface area contributed by atoms with E-state index in [2.05, 4.69) is 37.8 Å². The molecule has 0 heterocycles. The largest absolute Gasteiger partial charge is 0.298 e. The average Bonchev–Trinajstić information content (AvgIpc) is 2.49. The second-order valence-corrected chi connectivity index (χ2v) is 5.94. The van der Waals surface area contributed by atoms with Crippen molar-refractivity contribution in [2.75, 3.05) is 0 Å². The van der Waals surface area contributed by atoms with Gasteiger partial charge in [-0.05, 0) is 66.3 Å². The molecule has 1 aromatic rings. The molecule has 0 radical (unpaired) electrons. The van der Waals surface area contributed by atoms with Gasteiger partial charge in [0, 0.05) is 10.5 Å². The molecule has 0 fully saturated rings. The molecule has 2 aliphatic carbocycles. The summed E-state index contributed by atoms with van der Waals surface area (Å²) in [5, 5.41) is 2.30. The van der Waals surface area contributed by atoms with E-state index in [1.165, 1.54) is 21.9 Å². The van der Waals surface area contributed by atoms with E-state index in [1.807, 2.05) is 12.1 Å². The number of hydrogen-bond donors (Lipinski definition) is 1. The first kappa shape index (κ1) is 13.4. The summed E-state index contributed by atoms with van der Waals surface area (Å²) in [6.45, 7) is 2.13. The highest BCUT2D eigenvalue weighted by atomic mass is 32.1. The second-order valence-electron chi connectivity index (χ2n) is 5.46. The van der Waals surface area contributed by atoms with Crippen molar-refractivity contribution in [1.29, 1.82) is 0 Å². The molecule has 20 heavy (non-hydrogen) atoms. The van der Waals surface area contributed by atoms with Crippen molar-refractivity contribution < 1.29 is 4.79 Å². The number of fused-ring (bicyclic) bond motifs is 1. The van der Waals surface area contributed by atoms with Crippen LogP contribution in [0.1, 0.15) is 43.0 Å². The number of carbonyl (C=O) groups excluding carboxylic acids is 1. The fourth-order valence-electron chi connectivity index (χ4n) is 3.21. The molecule has 3 rings (SSSR count). The van der Waals surface area contributed by atoms with Crippen molar-refractivity contribution in [1.82, 2.24) is 0 Å². The third kappa shape index (κ3) is 2.18. The first-order chi connectivity index (χ1) is 9.72. The standard InChI is InChI=1S/C18H18OS/c1-12-7-9-15(13-5-3-2-4-6-13)18-16(20)10-8-14(11-19)17(12)18/h2-3,5,8,10-11,20H,4,6-7,9H2,1H3. The fraction of sp³-hybridized carbons (Fsp3) is 0.278. The zero-order valence-electron chi connectivity index (χ0n) is 11.6. The highest BCUT2D eigenvalue weighted by Crippen LogP contribution is 2.27. The molecule has 102 valence electrons.